The van der Waals surface area contributed by atoms with Gasteiger partial charge in [-0.2, -0.15) is 0 Å². The minimum Gasteiger partial charge on any atom is -0.396 e. The number of carbonyl (C=O) groups is 1. The molecule has 1 aromatic heterocycles. The van der Waals surface area contributed by atoms with Crippen LogP contribution in [0.3, 0.4) is 0 Å². The molecule has 1 aliphatic rings. The lowest BCUT2D eigenvalue weighted by atomic mass is 9.87. The number of nitrogens with zero attached hydrogens (tertiary/aromatic N) is 2. The summed E-state index contributed by atoms with van der Waals surface area (Å²) in [7, 11) is 0. The molecule has 2 heterocycles. The molecular weight excluding hydrogens is 300 g/mol. The maximum atomic E-state index is 12.7. The summed E-state index contributed by atoms with van der Waals surface area (Å²) in [6.45, 7) is 8.30. The third-order valence-corrected chi connectivity index (χ3v) is 4.63. The van der Waals surface area contributed by atoms with Gasteiger partial charge in [0.2, 0.25) is 0 Å². The van der Waals surface area contributed by atoms with E-state index >= 15 is 0 Å². The molecule has 1 fully saturated rings. The van der Waals surface area contributed by atoms with Crippen LogP contribution in [0.4, 0.5) is 5.69 Å². The first-order chi connectivity index (χ1) is 11.4. The summed E-state index contributed by atoms with van der Waals surface area (Å²) in [6.07, 6.45) is 3.25. The van der Waals surface area contributed by atoms with Gasteiger partial charge in [-0.25, -0.2) is 0 Å². The van der Waals surface area contributed by atoms with Crippen LogP contribution in [-0.2, 0) is 0 Å². The fraction of sp³-hybridized carbons (Fsp3) is 0.500. The average molecular weight is 326 g/mol. The Morgan fingerprint density at radius 1 is 1.33 bits per heavy atom. The van der Waals surface area contributed by atoms with Crippen molar-refractivity contribution >= 4 is 22.4 Å². The molecule has 0 spiro atoms. The summed E-state index contributed by atoms with van der Waals surface area (Å²) < 4.78 is 0. The summed E-state index contributed by atoms with van der Waals surface area (Å²) in [5.74, 6) is 0.512. The van der Waals surface area contributed by atoms with Crippen LogP contribution >= 0.6 is 0 Å². The number of hydrogen-bond donors (Lipinski definition) is 1. The van der Waals surface area contributed by atoms with Gasteiger partial charge in [-0.1, -0.05) is 20.8 Å². The van der Waals surface area contributed by atoms with Gasteiger partial charge in [0.1, 0.15) is 0 Å². The number of rotatable bonds is 4. The van der Waals surface area contributed by atoms with Crippen molar-refractivity contribution in [3.05, 3.63) is 36.0 Å². The molecule has 1 aliphatic heterocycles. The number of anilines is 1. The first-order valence-electron chi connectivity index (χ1n) is 8.65. The topological polar surface area (TPSA) is 53.4 Å². The molecule has 0 radical (unpaired) electrons. The zero-order valence-corrected chi connectivity index (χ0v) is 14.7. The van der Waals surface area contributed by atoms with Gasteiger partial charge in [-0.3, -0.25) is 9.78 Å². The molecule has 2 aromatic rings. The normalized spacial score (nSPS) is 18.3. The van der Waals surface area contributed by atoms with Crippen molar-refractivity contribution in [3.8, 4) is 0 Å². The van der Waals surface area contributed by atoms with Crippen molar-refractivity contribution in [2.24, 2.45) is 11.3 Å². The van der Waals surface area contributed by atoms with Crippen LogP contribution in [0.5, 0.6) is 0 Å². The Morgan fingerprint density at radius 3 is 2.79 bits per heavy atom. The third kappa shape index (κ3) is 3.59. The Morgan fingerprint density at radius 2 is 2.12 bits per heavy atom. The Labute approximate surface area is 143 Å². The van der Waals surface area contributed by atoms with E-state index in [0.717, 1.165) is 41.7 Å². The van der Waals surface area contributed by atoms with Crippen LogP contribution in [0.25, 0.3) is 10.9 Å². The summed E-state index contributed by atoms with van der Waals surface area (Å²) in [5, 5.41) is 10.3. The standard InChI is InChI=1S/C20H26N2O2/c1-20(2,3)11-19(24)16-6-8-21-18-5-4-15(10-17(16)18)22-9-7-14(12-22)13-23/h4-6,8,10,14,23H,7,9,11-13H2,1-3H3/t14-/m1/s1. The van der Waals surface area contributed by atoms with E-state index in [1.54, 1.807) is 6.20 Å². The van der Waals surface area contributed by atoms with Crippen LogP contribution < -0.4 is 4.90 Å². The molecule has 0 aliphatic carbocycles. The van der Waals surface area contributed by atoms with Crippen molar-refractivity contribution in [2.75, 3.05) is 24.6 Å². The largest absolute Gasteiger partial charge is 0.396 e. The zero-order valence-electron chi connectivity index (χ0n) is 14.7. The van der Waals surface area contributed by atoms with Gasteiger partial charge in [0.15, 0.2) is 5.78 Å². The molecule has 0 bridgehead atoms. The number of carbonyl (C=O) groups excluding carboxylic acids is 1. The molecule has 24 heavy (non-hydrogen) atoms. The van der Waals surface area contributed by atoms with E-state index in [1.165, 1.54) is 0 Å². The molecule has 1 N–H and O–H groups in total. The lowest BCUT2D eigenvalue weighted by Crippen LogP contribution is -2.20. The zero-order chi connectivity index (χ0) is 17.3. The highest BCUT2D eigenvalue weighted by Gasteiger charge is 2.23. The van der Waals surface area contributed by atoms with Crippen LogP contribution in [-0.4, -0.2) is 35.6 Å². The van der Waals surface area contributed by atoms with Crippen molar-refractivity contribution in [2.45, 2.75) is 33.6 Å². The highest BCUT2D eigenvalue weighted by molar-refractivity contribution is 6.08. The van der Waals surface area contributed by atoms with Crippen molar-refractivity contribution < 1.29 is 9.90 Å². The highest BCUT2D eigenvalue weighted by Crippen LogP contribution is 2.30. The van der Waals surface area contributed by atoms with E-state index in [1.807, 2.05) is 12.1 Å². The average Bonchev–Trinajstić information content (AvgIpc) is 3.01. The van der Waals surface area contributed by atoms with Crippen molar-refractivity contribution in [1.29, 1.82) is 0 Å². The molecule has 1 aromatic carbocycles. The van der Waals surface area contributed by atoms with Gasteiger partial charge in [0, 0.05) is 54.9 Å². The maximum Gasteiger partial charge on any atom is 0.164 e. The number of hydrogen-bond acceptors (Lipinski definition) is 4. The fourth-order valence-corrected chi connectivity index (χ4v) is 3.37. The predicted octanol–water partition coefficient (Wildman–Crippen LogP) is 3.67. The third-order valence-electron chi connectivity index (χ3n) is 4.63. The minimum atomic E-state index is -0.0341. The maximum absolute atomic E-state index is 12.7. The van der Waals surface area contributed by atoms with E-state index in [-0.39, 0.29) is 17.8 Å². The molecule has 3 rings (SSSR count). The second-order valence-corrected chi connectivity index (χ2v) is 8.00. The lowest BCUT2D eigenvalue weighted by molar-refractivity contribution is 0.0941. The number of aliphatic hydroxyl groups is 1. The number of benzene rings is 1. The second kappa shape index (κ2) is 6.52. The van der Waals surface area contributed by atoms with Gasteiger partial charge in [-0.05, 0) is 36.1 Å². The second-order valence-electron chi connectivity index (χ2n) is 8.00. The first-order valence-corrected chi connectivity index (χ1v) is 8.65. The fourth-order valence-electron chi connectivity index (χ4n) is 3.37. The molecule has 0 saturated carbocycles. The molecule has 4 heteroatoms. The molecule has 128 valence electrons. The van der Waals surface area contributed by atoms with E-state index in [2.05, 4.69) is 42.8 Å². The first kappa shape index (κ1) is 16.9. The monoisotopic (exact) mass is 326 g/mol. The summed E-state index contributed by atoms with van der Waals surface area (Å²) >= 11 is 0. The molecule has 0 unspecified atom stereocenters. The Balaban J connectivity index is 1.96. The van der Waals surface area contributed by atoms with Gasteiger partial charge in [0.05, 0.1) is 5.52 Å². The minimum absolute atomic E-state index is 0.0341. The summed E-state index contributed by atoms with van der Waals surface area (Å²) in [6, 6.07) is 7.97. The Bertz CT molecular complexity index is 749. The number of ketones is 1. The van der Waals surface area contributed by atoms with E-state index in [0.29, 0.717) is 12.3 Å². The Hall–Kier alpha value is -1.94. The van der Waals surface area contributed by atoms with Crippen LogP contribution in [0.15, 0.2) is 30.5 Å². The molecule has 0 amide bonds. The summed E-state index contributed by atoms with van der Waals surface area (Å²) in [5.41, 5.74) is 2.69. The van der Waals surface area contributed by atoms with Crippen LogP contribution in [0, 0.1) is 11.3 Å². The summed E-state index contributed by atoms with van der Waals surface area (Å²) in [4.78, 5) is 19.4. The van der Waals surface area contributed by atoms with E-state index < -0.39 is 0 Å². The van der Waals surface area contributed by atoms with Gasteiger partial charge in [0.25, 0.3) is 0 Å². The predicted molar refractivity (Wildman–Crippen MR) is 97.6 cm³/mol. The van der Waals surface area contributed by atoms with Gasteiger partial charge < -0.3 is 10.0 Å². The number of pyridine rings is 1. The number of fused-ring (bicyclic) bond motifs is 1. The lowest BCUT2D eigenvalue weighted by Gasteiger charge is -2.20. The van der Waals surface area contributed by atoms with Crippen LogP contribution in [0.2, 0.25) is 0 Å². The van der Waals surface area contributed by atoms with E-state index in [9.17, 15) is 9.90 Å². The van der Waals surface area contributed by atoms with Gasteiger partial charge in [-0.15, -0.1) is 0 Å². The van der Waals surface area contributed by atoms with E-state index in [4.69, 9.17) is 0 Å². The number of Topliss-reactive ketones (excluding diaryl/α,β-unsaturated/α-hetero) is 1. The SMILES string of the molecule is CC(C)(C)CC(=O)c1ccnc2ccc(N3CC[C@@H](CO)C3)cc12. The molecule has 1 saturated heterocycles. The van der Waals surface area contributed by atoms with Crippen LogP contribution in [0.1, 0.15) is 44.0 Å². The molecular formula is C20H26N2O2. The number of aliphatic hydroxyl groups excluding tert-OH is 1. The van der Waals surface area contributed by atoms with Crippen molar-refractivity contribution in [1.82, 2.24) is 4.98 Å². The smallest absolute Gasteiger partial charge is 0.164 e. The molecule has 4 nitrogen and oxygen atoms in total. The Kier molecular flexibility index (Phi) is 4.59. The van der Waals surface area contributed by atoms with Crippen molar-refractivity contribution in [3.63, 3.8) is 0 Å². The van der Waals surface area contributed by atoms with Gasteiger partial charge >= 0.3 is 0 Å². The molecule has 1 atom stereocenters. The highest BCUT2D eigenvalue weighted by atomic mass is 16.3. The quantitative estimate of drug-likeness (QED) is 0.871. The number of aromatic nitrogens is 1.